The molecule has 2 aromatic carbocycles. The van der Waals surface area contributed by atoms with Gasteiger partial charge >= 0.3 is 0 Å². The predicted molar refractivity (Wildman–Crippen MR) is 112 cm³/mol. The first kappa shape index (κ1) is 20.3. The van der Waals surface area contributed by atoms with Crippen LogP contribution >= 0.6 is 0 Å². The minimum absolute atomic E-state index is 0.0972. The molecule has 0 aliphatic carbocycles. The van der Waals surface area contributed by atoms with Gasteiger partial charge < -0.3 is 15.4 Å². The van der Waals surface area contributed by atoms with Gasteiger partial charge in [0.25, 0.3) is 0 Å². The molecule has 1 aliphatic heterocycles. The molecule has 0 spiro atoms. The van der Waals surface area contributed by atoms with E-state index >= 15 is 0 Å². The standard InChI is InChI=1S/C23H30FN3O/c1-2-25-23(26-15-14-18-9-6-7-13-21(18)24)27-17-20-12-8-16-28-22(20)19-10-4-3-5-11-19/h3-7,9-11,13,20,22H,2,8,12,14-17H2,1H3,(H2,25,26,27). The molecule has 0 bridgehead atoms. The lowest BCUT2D eigenvalue weighted by atomic mass is 9.89. The van der Waals surface area contributed by atoms with E-state index in [0.29, 0.717) is 25.4 Å². The molecule has 1 aliphatic rings. The molecule has 1 saturated heterocycles. The fraction of sp³-hybridized carbons (Fsp3) is 0.435. The zero-order valence-electron chi connectivity index (χ0n) is 16.5. The molecule has 2 atom stereocenters. The third kappa shape index (κ3) is 5.80. The SMILES string of the molecule is CCNC(=NCC1CCCOC1c1ccccc1)NCCc1ccccc1F. The summed E-state index contributed by atoms with van der Waals surface area (Å²) < 4.78 is 19.8. The number of nitrogens with one attached hydrogen (secondary N) is 2. The van der Waals surface area contributed by atoms with Gasteiger partial charge in [-0.3, -0.25) is 4.99 Å². The molecule has 0 aromatic heterocycles. The quantitative estimate of drug-likeness (QED) is 0.559. The number of guanidine groups is 1. The summed E-state index contributed by atoms with van der Waals surface area (Å²) in [5.41, 5.74) is 1.94. The molecule has 2 N–H and O–H groups in total. The van der Waals surface area contributed by atoms with Crippen molar-refractivity contribution in [3.05, 3.63) is 71.5 Å². The van der Waals surface area contributed by atoms with Crippen LogP contribution in [0.3, 0.4) is 0 Å². The fourth-order valence-corrected chi connectivity index (χ4v) is 3.61. The number of rotatable bonds is 7. The average molecular weight is 384 g/mol. The number of halogens is 1. The van der Waals surface area contributed by atoms with Crippen LogP contribution < -0.4 is 10.6 Å². The minimum Gasteiger partial charge on any atom is -0.373 e. The van der Waals surface area contributed by atoms with E-state index in [2.05, 4.69) is 34.9 Å². The number of aliphatic imine (C=N–C) groups is 1. The number of hydrogen-bond donors (Lipinski definition) is 2. The van der Waals surface area contributed by atoms with Crippen LogP contribution in [0.1, 0.15) is 37.0 Å². The van der Waals surface area contributed by atoms with Crippen molar-refractivity contribution in [1.82, 2.24) is 10.6 Å². The Morgan fingerprint density at radius 2 is 1.89 bits per heavy atom. The maximum atomic E-state index is 13.8. The Labute approximate surface area is 167 Å². The average Bonchev–Trinajstić information content (AvgIpc) is 2.74. The highest BCUT2D eigenvalue weighted by atomic mass is 19.1. The van der Waals surface area contributed by atoms with Gasteiger partial charge in [0.15, 0.2) is 5.96 Å². The van der Waals surface area contributed by atoms with Crippen LogP contribution in [0.25, 0.3) is 0 Å². The Kier molecular flexibility index (Phi) is 7.85. The van der Waals surface area contributed by atoms with Crippen molar-refractivity contribution >= 4 is 5.96 Å². The maximum absolute atomic E-state index is 13.8. The van der Waals surface area contributed by atoms with Gasteiger partial charge in [-0.05, 0) is 43.4 Å². The summed E-state index contributed by atoms with van der Waals surface area (Å²) in [6, 6.07) is 17.3. The van der Waals surface area contributed by atoms with E-state index in [1.54, 1.807) is 6.07 Å². The highest BCUT2D eigenvalue weighted by molar-refractivity contribution is 5.79. The van der Waals surface area contributed by atoms with E-state index in [1.165, 1.54) is 11.6 Å². The number of nitrogens with zero attached hydrogens (tertiary/aromatic N) is 1. The van der Waals surface area contributed by atoms with E-state index in [-0.39, 0.29) is 11.9 Å². The van der Waals surface area contributed by atoms with Crippen LogP contribution in [0.5, 0.6) is 0 Å². The van der Waals surface area contributed by atoms with Gasteiger partial charge in [0.2, 0.25) is 0 Å². The van der Waals surface area contributed by atoms with Crippen molar-refractivity contribution in [2.24, 2.45) is 10.9 Å². The molecule has 0 radical (unpaired) electrons. The second-order valence-electron chi connectivity index (χ2n) is 7.09. The zero-order valence-corrected chi connectivity index (χ0v) is 16.5. The van der Waals surface area contributed by atoms with Crippen LogP contribution in [0.4, 0.5) is 4.39 Å². The number of ether oxygens (including phenoxy) is 1. The molecule has 3 rings (SSSR count). The first-order chi connectivity index (χ1) is 13.8. The summed E-state index contributed by atoms with van der Waals surface area (Å²) in [6.07, 6.45) is 2.90. The third-order valence-electron chi connectivity index (χ3n) is 5.05. The maximum Gasteiger partial charge on any atom is 0.191 e. The second kappa shape index (κ2) is 10.8. The first-order valence-electron chi connectivity index (χ1n) is 10.2. The Morgan fingerprint density at radius 3 is 2.68 bits per heavy atom. The van der Waals surface area contributed by atoms with Gasteiger partial charge in [0.1, 0.15) is 5.82 Å². The molecular weight excluding hydrogens is 353 g/mol. The minimum atomic E-state index is -0.156. The summed E-state index contributed by atoms with van der Waals surface area (Å²) >= 11 is 0. The van der Waals surface area contributed by atoms with Gasteiger partial charge in [-0.25, -0.2) is 4.39 Å². The van der Waals surface area contributed by atoms with Gasteiger partial charge in [-0.1, -0.05) is 48.5 Å². The highest BCUT2D eigenvalue weighted by Crippen LogP contribution is 2.33. The predicted octanol–water partition coefficient (Wildman–Crippen LogP) is 4.09. The van der Waals surface area contributed by atoms with Crippen molar-refractivity contribution in [1.29, 1.82) is 0 Å². The fourth-order valence-electron chi connectivity index (χ4n) is 3.61. The molecule has 150 valence electrons. The van der Waals surface area contributed by atoms with Crippen molar-refractivity contribution in [2.45, 2.75) is 32.3 Å². The molecule has 0 saturated carbocycles. The summed E-state index contributed by atoms with van der Waals surface area (Å²) in [5.74, 6) is 0.977. The number of hydrogen-bond acceptors (Lipinski definition) is 2. The zero-order chi connectivity index (χ0) is 19.6. The van der Waals surface area contributed by atoms with Crippen LogP contribution in [-0.4, -0.2) is 32.2 Å². The molecule has 28 heavy (non-hydrogen) atoms. The van der Waals surface area contributed by atoms with E-state index < -0.39 is 0 Å². The number of benzene rings is 2. The molecule has 1 fully saturated rings. The Bertz CT molecular complexity index is 751. The molecule has 5 heteroatoms. The van der Waals surface area contributed by atoms with E-state index in [9.17, 15) is 4.39 Å². The molecule has 1 heterocycles. The lowest BCUT2D eigenvalue weighted by Crippen LogP contribution is -2.39. The molecule has 2 aromatic rings. The smallest absolute Gasteiger partial charge is 0.191 e. The van der Waals surface area contributed by atoms with Gasteiger partial charge in [0, 0.05) is 32.2 Å². The lowest BCUT2D eigenvalue weighted by molar-refractivity contribution is -0.0250. The lowest BCUT2D eigenvalue weighted by Gasteiger charge is -2.31. The monoisotopic (exact) mass is 383 g/mol. The van der Waals surface area contributed by atoms with Crippen LogP contribution in [0, 0.1) is 11.7 Å². The Balaban J connectivity index is 1.58. The normalized spacial score (nSPS) is 20.0. The van der Waals surface area contributed by atoms with Crippen LogP contribution in [0.15, 0.2) is 59.6 Å². The van der Waals surface area contributed by atoms with Crippen LogP contribution in [-0.2, 0) is 11.2 Å². The van der Waals surface area contributed by atoms with Crippen molar-refractivity contribution in [2.75, 3.05) is 26.2 Å². The summed E-state index contributed by atoms with van der Waals surface area (Å²) in [5, 5.41) is 6.60. The summed E-state index contributed by atoms with van der Waals surface area (Å²) in [7, 11) is 0. The molecule has 0 amide bonds. The largest absolute Gasteiger partial charge is 0.373 e. The van der Waals surface area contributed by atoms with Crippen molar-refractivity contribution < 1.29 is 9.13 Å². The van der Waals surface area contributed by atoms with E-state index in [0.717, 1.165) is 37.5 Å². The molecule has 4 nitrogen and oxygen atoms in total. The third-order valence-corrected chi connectivity index (χ3v) is 5.05. The summed E-state index contributed by atoms with van der Waals surface area (Å²) in [6.45, 7) is 4.98. The Hall–Kier alpha value is -2.40. The van der Waals surface area contributed by atoms with Crippen molar-refractivity contribution in [3.63, 3.8) is 0 Å². The van der Waals surface area contributed by atoms with Gasteiger partial charge in [0.05, 0.1) is 6.10 Å². The first-order valence-corrected chi connectivity index (χ1v) is 10.2. The highest BCUT2D eigenvalue weighted by Gasteiger charge is 2.27. The topological polar surface area (TPSA) is 45.7 Å². The second-order valence-corrected chi connectivity index (χ2v) is 7.09. The Morgan fingerprint density at radius 1 is 1.11 bits per heavy atom. The van der Waals surface area contributed by atoms with E-state index in [4.69, 9.17) is 9.73 Å². The molecule has 2 unspecified atom stereocenters. The summed E-state index contributed by atoms with van der Waals surface area (Å²) in [4.78, 5) is 4.79. The van der Waals surface area contributed by atoms with Crippen molar-refractivity contribution in [3.8, 4) is 0 Å². The van der Waals surface area contributed by atoms with Gasteiger partial charge in [-0.2, -0.15) is 0 Å². The van der Waals surface area contributed by atoms with Crippen LogP contribution in [0.2, 0.25) is 0 Å². The van der Waals surface area contributed by atoms with Gasteiger partial charge in [-0.15, -0.1) is 0 Å². The molecular formula is C23H30FN3O. The van der Waals surface area contributed by atoms with E-state index in [1.807, 2.05) is 25.1 Å².